The minimum Gasteiger partial charge on any atom is -0.350 e. The molecule has 2 aromatic rings. The predicted octanol–water partition coefficient (Wildman–Crippen LogP) is 4.26. The van der Waals surface area contributed by atoms with Gasteiger partial charge in [0.25, 0.3) is 5.91 Å². The Hall–Kier alpha value is -2.13. The molecule has 1 aliphatic heterocycles. The van der Waals surface area contributed by atoms with Gasteiger partial charge in [-0.05, 0) is 57.0 Å². The Morgan fingerprint density at radius 3 is 2.36 bits per heavy atom. The van der Waals surface area contributed by atoms with Crippen molar-refractivity contribution in [3.8, 4) is 0 Å². The molecule has 132 valence electrons. The van der Waals surface area contributed by atoms with Crippen LogP contribution in [0.5, 0.6) is 0 Å². The number of nitrogens with zero attached hydrogens (tertiary/aromatic N) is 1. The topological polar surface area (TPSA) is 32.3 Å². The van der Waals surface area contributed by atoms with Gasteiger partial charge in [0.2, 0.25) is 0 Å². The van der Waals surface area contributed by atoms with Crippen molar-refractivity contribution in [1.82, 2.24) is 10.2 Å². The van der Waals surface area contributed by atoms with Gasteiger partial charge in [-0.2, -0.15) is 0 Å². The highest BCUT2D eigenvalue weighted by Gasteiger charge is 2.23. The second-order valence-corrected chi connectivity index (χ2v) is 7.05. The lowest BCUT2D eigenvalue weighted by Gasteiger charge is -2.35. The Labute approximate surface area is 151 Å². The van der Waals surface area contributed by atoms with Crippen LogP contribution in [0.25, 0.3) is 0 Å². The quantitative estimate of drug-likeness (QED) is 0.885. The fraction of sp³-hybridized carbons (Fsp3) is 0.409. The maximum Gasteiger partial charge on any atom is 0.251 e. The molecule has 3 nitrogen and oxygen atoms in total. The van der Waals surface area contributed by atoms with Crippen LogP contribution in [0.1, 0.15) is 52.4 Å². The lowest BCUT2D eigenvalue weighted by Crippen LogP contribution is -2.40. The summed E-state index contributed by atoms with van der Waals surface area (Å²) >= 11 is 0. The molecule has 1 saturated heterocycles. The fourth-order valence-electron chi connectivity index (χ4n) is 3.59. The zero-order valence-electron chi connectivity index (χ0n) is 15.3. The lowest BCUT2D eigenvalue weighted by molar-refractivity contribution is 0.0924. The summed E-state index contributed by atoms with van der Waals surface area (Å²) in [4.78, 5) is 15.1. The SMILES string of the molecule is Cc1ccc([C@@H](CNC(=O)c2ccccc2C)N2CCCCC2)cc1. The summed E-state index contributed by atoms with van der Waals surface area (Å²) in [5.41, 5.74) is 4.34. The summed E-state index contributed by atoms with van der Waals surface area (Å²) in [5.74, 6) is 0.0206. The van der Waals surface area contributed by atoms with Gasteiger partial charge in [0, 0.05) is 12.1 Å². The van der Waals surface area contributed by atoms with Crippen molar-refractivity contribution in [2.75, 3.05) is 19.6 Å². The minimum atomic E-state index is 0.0206. The second kappa shape index (κ2) is 8.30. The van der Waals surface area contributed by atoms with E-state index in [0.29, 0.717) is 6.54 Å². The summed E-state index contributed by atoms with van der Waals surface area (Å²) in [7, 11) is 0. The monoisotopic (exact) mass is 336 g/mol. The van der Waals surface area contributed by atoms with Crippen molar-refractivity contribution >= 4 is 5.91 Å². The van der Waals surface area contributed by atoms with Crippen LogP contribution in [0.3, 0.4) is 0 Å². The zero-order chi connectivity index (χ0) is 17.6. The minimum absolute atomic E-state index is 0.0206. The predicted molar refractivity (Wildman–Crippen MR) is 103 cm³/mol. The standard InChI is InChI=1S/C22H28N2O/c1-17-10-12-19(13-11-17)21(24-14-6-3-7-15-24)16-23-22(25)20-9-5-4-8-18(20)2/h4-5,8-13,21H,3,6-7,14-16H2,1-2H3,(H,23,25)/t21-/m1/s1. The maximum absolute atomic E-state index is 12.6. The molecule has 1 amide bonds. The van der Waals surface area contributed by atoms with Gasteiger partial charge < -0.3 is 5.32 Å². The number of amides is 1. The van der Waals surface area contributed by atoms with Crippen LogP contribution in [0, 0.1) is 13.8 Å². The normalized spacial score (nSPS) is 16.4. The number of piperidine rings is 1. The average Bonchev–Trinajstić information content (AvgIpc) is 2.64. The average molecular weight is 336 g/mol. The van der Waals surface area contributed by atoms with Crippen LogP contribution < -0.4 is 5.32 Å². The number of carbonyl (C=O) groups is 1. The number of likely N-dealkylation sites (tertiary alicyclic amines) is 1. The number of rotatable bonds is 5. The Kier molecular flexibility index (Phi) is 5.87. The molecule has 1 atom stereocenters. The molecule has 0 bridgehead atoms. The van der Waals surface area contributed by atoms with Crippen molar-refractivity contribution < 1.29 is 4.79 Å². The lowest BCUT2D eigenvalue weighted by atomic mass is 10.00. The van der Waals surface area contributed by atoms with Gasteiger partial charge in [-0.1, -0.05) is 54.4 Å². The molecule has 3 rings (SSSR count). The van der Waals surface area contributed by atoms with Gasteiger partial charge in [-0.25, -0.2) is 0 Å². The first-order valence-electron chi connectivity index (χ1n) is 9.29. The van der Waals surface area contributed by atoms with E-state index in [-0.39, 0.29) is 11.9 Å². The van der Waals surface area contributed by atoms with E-state index in [4.69, 9.17) is 0 Å². The molecular weight excluding hydrogens is 308 g/mol. The van der Waals surface area contributed by atoms with Crippen molar-refractivity contribution in [1.29, 1.82) is 0 Å². The summed E-state index contributed by atoms with van der Waals surface area (Å²) in [6.07, 6.45) is 3.80. The molecule has 3 heteroatoms. The summed E-state index contributed by atoms with van der Waals surface area (Å²) in [5, 5.41) is 3.17. The highest BCUT2D eigenvalue weighted by atomic mass is 16.1. The van der Waals surface area contributed by atoms with E-state index in [0.717, 1.165) is 24.2 Å². The van der Waals surface area contributed by atoms with Crippen LogP contribution in [0.4, 0.5) is 0 Å². The number of aryl methyl sites for hydroxylation is 2. The van der Waals surface area contributed by atoms with Gasteiger partial charge in [0.05, 0.1) is 6.04 Å². The largest absolute Gasteiger partial charge is 0.350 e. The van der Waals surface area contributed by atoms with Gasteiger partial charge in [-0.15, -0.1) is 0 Å². The molecule has 1 fully saturated rings. The first-order valence-corrected chi connectivity index (χ1v) is 9.29. The smallest absolute Gasteiger partial charge is 0.251 e. The van der Waals surface area contributed by atoms with Crippen molar-refractivity contribution in [3.05, 3.63) is 70.8 Å². The van der Waals surface area contributed by atoms with Gasteiger partial charge in [0.15, 0.2) is 0 Å². The zero-order valence-corrected chi connectivity index (χ0v) is 15.3. The van der Waals surface area contributed by atoms with Gasteiger partial charge in [0.1, 0.15) is 0 Å². The van der Waals surface area contributed by atoms with E-state index in [1.54, 1.807) is 0 Å². The Morgan fingerprint density at radius 2 is 1.68 bits per heavy atom. The van der Waals surface area contributed by atoms with Crippen molar-refractivity contribution in [2.24, 2.45) is 0 Å². The second-order valence-electron chi connectivity index (χ2n) is 7.05. The molecular formula is C22H28N2O. The van der Waals surface area contributed by atoms with Crippen LogP contribution >= 0.6 is 0 Å². The van der Waals surface area contributed by atoms with E-state index < -0.39 is 0 Å². The highest BCUT2D eigenvalue weighted by Crippen LogP contribution is 2.24. The molecule has 1 N–H and O–H groups in total. The molecule has 0 unspecified atom stereocenters. The first-order chi connectivity index (χ1) is 12.1. The number of hydrogen-bond donors (Lipinski definition) is 1. The third kappa shape index (κ3) is 4.49. The molecule has 0 aromatic heterocycles. The van der Waals surface area contributed by atoms with Gasteiger partial charge in [-0.3, -0.25) is 9.69 Å². The molecule has 0 aliphatic carbocycles. The van der Waals surface area contributed by atoms with Crippen LogP contribution in [-0.4, -0.2) is 30.4 Å². The van der Waals surface area contributed by atoms with Gasteiger partial charge >= 0.3 is 0 Å². The van der Waals surface area contributed by atoms with E-state index in [9.17, 15) is 4.79 Å². The number of carbonyl (C=O) groups excluding carboxylic acids is 1. The van der Waals surface area contributed by atoms with E-state index >= 15 is 0 Å². The number of nitrogens with one attached hydrogen (secondary N) is 1. The molecule has 25 heavy (non-hydrogen) atoms. The molecule has 1 heterocycles. The number of benzene rings is 2. The van der Waals surface area contributed by atoms with Crippen LogP contribution in [0.15, 0.2) is 48.5 Å². The highest BCUT2D eigenvalue weighted by molar-refractivity contribution is 5.95. The first kappa shape index (κ1) is 17.7. The Balaban J connectivity index is 1.74. The van der Waals surface area contributed by atoms with Crippen LogP contribution in [0.2, 0.25) is 0 Å². The summed E-state index contributed by atoms with van der Waals surface area (Å²) in [6.45, 7) is 6.96. The number of hydrogen-bond acceptors (Lipinski definition) is 2. The molecule has 2 aromatic carbocycles. The molecule has 0 spiro atoms. The molecule has 0 radical (unpaired) electrons. The fourth-order valence-corrected chi connectivity index (χ4v) is 3.59. The molecule has 1 aliphatic rings. The van der Waals surface area contributed by atoms with Crippen molar-refractivity contribution in [2.45, 2.75) is 39.2 Å². The van der Waals surface area contributed by atoms with Crippen molar-refractivity contribution in [3.63, 3.8) is 0 Å². The maximum atomic E-state index is 12.6. The Morgan fingerprint density at radius 1 is 1.00 bits per heavy atom. The molecule has 0 saturated carbocycles. The summed E-state index contributed by atoms with van der Waals surface area (Å²) in [6, 6.07) is 16.7. The van der Waals surface area contributed by atoms with E-state index in [1.165, 1.54) is 30.4 Å². The summed E-state index contributed by atoms with van der Waals surface area (Å²) < 4.78 is 0. The van der Waals surface area contributed by atoms with E-state index in [1.807, 2.05) is 31.2 Å². The van der Waals surface area contributed by atoms with Crippen LogP contribution in [-0.2, 0) is 0 Å². The van der Waals surface area contributed by atoms with E-state index in [2.05, 4.69) is 41.4 Å². The third-order valence-corrected chi connectivity index (χ3v) is 5.14. The third-order valence-electron chi connectivity index (χ3n) is 5.14. The Bertz CT molecular complexity index is 702.